The van der Waals surface area contributed by atoms with Crippen LogP contribution in [0.25, 0.3) is 0 Å². The molecule has 0 bridgehead atoms. The number of carboxylic acid groups (broad SMARTS) is 2. The summed E-state index contributed by atoms with van der Waals surface area (Å²) in [5, 5.41) is 15.3. The van der Waals surface area contributed by atoms with E-state index in [1.165, 1.54) is 96.4 Å². The van der Waals surface area contributed by atoms with Crippen molar-refractivity contribution in [2.24, 2.45) is 0 Å². The Kier molecular flexibility index (Phi) is 31.2. The van der Waals surface area contributed by atoms with E-state index < -0.39 is 6.16 Å². The van der Waals surface area contributed by atoms with Gasteiger partial charge in [0.2, 0.25) is 6.16 Å². The molecule has 5 nitrogen and oxygen atoms in total. The predicted molar refractivity (Wildman–Crippen MR) is 114 cm³/mol. The van der Waals surface area contributed by atoms with E-state index in [1.54, 1.807) is 0 Å². The third-order valence-corrected chi connectivity index (χ3v) is 4.18. The molecular formula is C20H47ClN2O3. The molecule has 4 N–H and O–H groups in total. The van der Waals surface area contributed by atoms with Gasteiger partial charge in [0.1, 0.15) is 0 Å². The first-order chi connectivity index (χ1) is 11.3. The lowest BCUT2D eigenvalue weighted by Gasteiger charge is -2.23. The van der Waals surface area contributed by atoms with Crippen LogP contribution in [-0.4, -0.2) is 43.4 Å². The Balaban J connectivity index is -0.000000363. The van der Waals surface area contributed by atoms with Crippen LogP contribution in [0.5, 0.6) is 0 Å². The Morgan fingerprint density at radius 1 is 0.731 bits per heavy atom. The molecule has 0 unspecified atom stereocenters. The van der Waals surface area contributed by atoms with E-state index in [0.29, 0.717) is 0 Å². The Morgan fingerprint density at radius 2 is 0.962 bits per heavy atom. The van der Waals surface area contributed by atoms with E-state index in [4.69, 9.17) is 15.0 Å². The largest absolute Gasteiger partial charge is 0.565 e. The smallest absolute Gasteiger partial charge is 0.249 e. The van der Waals surface area contributed by atoms with Gasteiger partial charge in [-0.05, 0) is 12.8 Å². The maximum absolute atomic E-state index is 8.44. The lowest BCUT2D eigenvalue weighted by molar-refractivity contribution is -0.870. The summed E-state index contributed by atoms with van der Waals surface area (Å²) in [7, 11) is 6.88. The zero-order valence-electron chi connectivity index (χ0n) is 17.9. The molecule has 26 heavy (non-hydrogen) atoms. The molecule has 0 radical (unpaired) electrons. The molecule has 0 amide bonds. The number of carbonyl (C=O) groups is 1. The minimum Gasteiger partial charge on any atom is -0.565 e. The van der Waals surface area contributed by atoms with Gasteiger partial charge in [-0.1, -0.05) is 84.0 Å². The highest BCUT2D eigenvalue weighted by atomic mass is 35.5. The molecular weight excluding hydrogens is 352 g/mol. The molecule has 6 heteroatoms. The van der Waals surface area contributed by atoms with Crippen molar-refractivity contribution in [2.45, 2.75) is 96.8 Å². The van der Waals surface area contributed by atoms with Gasteiger partial charge in [0.15, 0.2) is 0 Å². The number of nitrogens with zero attached hydrogens (tertiary/aromatic N) is 1. The first-order valence-electron chi connectivity index (χ1n) is 10.00. The molecule has 0 fully saturated rings. The fourth-order valence-electron chi connectivity index (χ4n) is 2.78. The Bertz CT molecular complexity index is 268. The normalized spacial score (nSPS) is 10.2. The summed E-state index contributed by atoms with van der Waals surface area (Å²) in [5.74, 6) is 0. The van der Waals surface area contributed by atoms with Crippen LogP contribution in [0, 0.1) is 0 Å². The molecule has 0 aliphatic rings. The molecule has 0 aliphatic carbocycles. The SMILES string of the molecule is CCCCCCCCCCCCCCCC[N+](C)(C)C.Cl.N.O=C([O-])O. The molecule has 0 saturated carbocycles. The highest BCUT2D eigenvalue weighted by molar-refractivity contribution is 5.85. The Labute approximate surface area is 169 Å². The summed E-state index contributed by atoms with van der Waals surface area (Å²) in [6.07, 6.45) is 18.3. The average molecular weight is 399 g/mol. The fraction of sp³-hybridized carbons (Fsp3) is 0.950. The maximum Gasteiger partial charge on any atom is 0.249 e. The maximum atomic E-state index is 8.44. The monoisotopic (exact) mass is 398 g/mol. The number of hydrogen-bond donors (Lipinski definition) is 2. The predicted octanol–water partition coefficient (Wildman–Crippen LogP) is 5.65. The van der Waals surface area contributed by atoms with Crippen LogP contribution in [0.15, 0.2) is 0 Å². The highest BCUT2D eigenvalue weighted by Crippen LogP contribution is 2.13. The van der Waals surface area contributed by atoms with Gasteiger partial charge in [-0.15, -0.1) is 12.4 Å². The fourth-order valence-corrected chi connectivity index (χ4v) is 2.78. The van der Waals surface area contributed by atoms with Crippen molar-refractivity contribution >= 4 is 18.6 Å². The zero-order chi connectivity index (χ0) is 18.7. The van der Waals surface area contributed by atoms with Crippen LogP contribution < -0.4 is 11.3 Å². The van der Waals surface area contributed by atoms with E-state index in [1.807, 2.05) is 0 Å². The van der Waals surface area contributed by atoms with Crippen molar-refractivity contribution < 1.29 is 19.5 Å². The van der Waals surface area contributed by atoms with E-state index >= 15 is 0 Å². The first kappa shape index (κ1) is 33.1. The molecule has 0 saturated heterocycles. The third-order valence-electron chi connectivity index (χ3n) is 4.18. The van der Waals surface area contributed by atoms with Gasteiger partial charge in [-0.2, -0.15) is 0 Å². The van der Waals surface area contributed by atoms with Gasteiger partial charge in [-0.3, -0.25) is 0 Å². The zero-order valence-corrected chi connectivity index (χ0v) is 18.7. The van der Waals surface area contributed by atoms with Crippen LogP contribution in [0.1, 0.15) is 96.8 Å². The van der Waals surface area contributed by atoms with Crippen molar-refractivity contribution in [3.05, 3.63) is 0 Å². The van der Waals surface area contributed by atoms with Gasteiger partial charge in [0.25, 0.3) is 0 Å². The molecule has 0 atom stereocenters. The molecule has 0 aromatic carbocycles. The molecule has 0 aliphatic heterocycles. The standard InChI is InChI=1S/C19H42N.CH2O3.ClH.H3N/c1-5-6-7-8-9-10-11-12-13-14-15-16-17-18-19-20(2,3)4;2-1(3)4;;/h5-19H2,1-4H3;(H2,2,3,4);1H;1H3/q+1;;;/p-1. The van der Waals surface area contributed by atoms with Crippen molar-refractivity contribution in [1.29, 1.82) is 0 Å². The van der Waals surface area contributed by atoms with E-state index in [2.05, 4.69) is 28.1 Å². The number of unbranched alkanes of at least 4 members (excludes halogenated alkanes) is 13. The summed E-state index contributed by atoms with van der Waals surface area (Å²) in [4.78, 5) is 8.44. The number of rotatable bonds is 15. The van der Waals surface area contributed by atoms with E-state index in [9.17, 15) is 0 Å². The van der Waals surface area contributed by atoms with E-state index in [0.717, 1.165) is 4.48 Å². The minimum atomic E-state index is -2.08. The highest BCUT2D eigenvalue weighted by Gasteiger charge is 2.04. The summed E-state index contributed by atoms with van der Waals surface area (Å²) in [6, 6.07) is 0. The summed E-state index contributed by atoms with van der Waals surface area (Å²) >= 11 is 0. The van der Waals surface area contributed by atoms with Crippen molar-refractivity contribution in [3.63, 3.8) is 0 Å². The summed E-state index contributed by atoms with van der Waals surface area (Å²) in [5.41, 5.74) is 0. The number of hydrogen-bond acceptors (Lipinski definition) is 3. The van der Waals surface area contributed by atoms with Gasteiger partial charge >= 0.3 is 0 Å². The quantitative estimate of drug-likeness (QED) is 0.275. The molecule has 0 rings (SSSR count). The van der Waals surface area contributed by atoms with E-state index in [-0.39, 0.29) is 18.6 Å². The minimum absolute atomic E-state index is 0. The molecule has 0 aromatic heterocycles. The summed E-state index contributed by atoms with van der Waals surface area (Å²) in [6.45, 7) is 3.63. The van der Waals surface area contributed by atoms with Gasteiger partial charge in [0.05, 0.1) is 27.7 Å². The Morgan fingerprint density at radius 3 is 1.19 bits per heavy atom. The van der Waals surface area contributed by atoms with Crippen LogP contribution >= 0.6 is 12.4 Å². The van der Waals surface area contributed by atoms with Gasteiger partial charge in [0, 0.05) is 0 Å². The molecule has 0 heterocycles. The van der Waals surface area contributed by atoms with Crippen molar-refractivity contribution in [2.75, 3.05) is 27.7 Å². The number of quaternary nitrogens is 1. The lowest BCUT2D eigenvalue weighted by Crippen LogP contribution is -2.35. The number of halogens is 1. The van der Waals surface area contributed by atoms with Crippen LogP contribution in [0.4, 0.5) is 4.79 Å². The lowest BCUT2D eigenvalue weighted by atomic mass is 10.0. The Hall–Kier alpha value is -0.520. The molecule has 0 aromatic rings. The third kappa shape index (κ3) is 43.7. The van der Waals surface area contributed by atoms with Gasteiger partial charge in [-0.25, -0.2) is 0 Å². The van der Waals surface area contributed by atoms with Crippen molar-refractivity contribution in [1.82, 2.24) is 6.15 Å². The van der Waals surface area contributed by atoms with Gasteiger partial charge < -0.3 is 25.6 Å². The average Bonchev–Trinajstić information content (AvgIpc) is 2.46. The van der Waals surface area contributed by atoms with Crippen LogP contribution in [-0.2, 0) is 0 Å². The second kappa shape index (κ2) is 24.5. The van der Waals surface area contributed by atoms with Crippen molar-refractivity contribution in [3.8, 4) is 0 Å². The topological polar surface area (TPSA) is 95.4 Å². The molecule has 0 spiro atoms. The summed E-state index contributed by atoms with van der Waals surface area (Å²) < 4.78 is 1.12. The second-order valence-electron chi connectivity index (χ2n) is 7.88. The molecule has 162 valence electrons. The van der Waals surface area contributed by atoms with Crippen LogP contribution in [0.2, 0.25) is 0 Å². The first-order valence-corrected chi connectivity index (χ1v) is 10.00. The second-order valence-corrected chi connectivity index (χ2v) is 7.88. The van der Waals surface area contributed by atoms with Crippen LogP contribution in [0.3, 0.4) is 0 Å².